The van der Waals surface area contributed by atoms with E-state index in [0.717, 1.165) is 0 Å². The number of rotatable bonds is 4. The molecule has 2 atom stereocenters. The fourth-order valence-electron chi connectivity index (χ4n) is 2.59. The van der Waals surface area contributed by atoms with Gasteiger partial charge in [0.2, 0.25) is 0 Å². The SMILES string of the molecule is CCC(C)c1ccc(C(N)c2cc3ccccc3s2)cc1. The van der Waals surface area contributed by atoms with Gasteiger partial charge in [0, 0.05) is 9.58 Å². The molecule has 3 rings (SSSR count). The number of benzene rings is 2. The summed E-state index contributed by atoms with van der Waals surface area (Å²) in [6.45, 7) is 4.49. The Morgan fingerprint density at radius 3 is 2.33 bits per heavy atom. The fraction of sp³-hybridized carbons (Fsp3) is 0.263. The Kier molecular flexibility index (Phi) is 4.09. The lowest BCUT2D eigenvalue weighted by Gasteiger charge is -2.13. The van der Waals surface area contributed by atoms with Crippen molar-refractivity contribution >= 4 is 21.4 Å². The molecule has 2 N–H and O–H groups in total. The summed E-state index contributed by atoms with van der Waals surface area (Å²) < 4.78 is 1.30. The zero-order chi connectivity index (χ0) is 14.8. The predicted molar refractivity (Wildman–Crippen MR) is 93.0 cm³/mol. The van der Waals surface area contributed by atoms with Crippen LogP contribution in [-0.2, 0) is 0 Å². The first kappa shape index (κ1) is 14.3. The van der Waals surface area contributed by atoms with Crippen LogP contribution in [0.1, 0.15) is 48.2 Å². The Morgan fingerprint density at radius 1 is 1.00 bits per heavy atom. The molecule has 21 heavy (non-hydrogen) atoms. The van der Waals surface area contributed by atoms with Gasteiger partial charge in [0.1, 0.15) is 0 Å². The Morgan fingerprint density at radius 2 is 1.67 bits per heavy atom. The minimum Gasteiger partial charge on any atom is -0.320 e. The van der Waals surface area contributed by atoms with E-state index >= 15 is 0 Å². The highest BCUT2D eigenvalue weighted by molar-refractivity contribution is 7.19. The van der Waals surface area contributed by atoms with E-state index in [2.05, 4.69) is 68.4 Å². The third-order valence-electron chi connectivity index (χ3n) is 4.23. The Balaban J connectivity index is 1.88. The number of hydrogen-bond acceptors (Lipinski definition) is 2. The molecule has 0 bridgehead atoms. The molecule has 0 aliphatic heterocycles. The van der Waals surface area contributed by atoms with E-state index in [9.17, 15) is 0 Å². The lowest BCUT2D eigenvalue weighted by molar-refractivity contribution is 0.732. The minimum absolute atomic E-state index is 0.0339. The highest BCUT2D eigenvalue weighted by atomic mass is 32.1. The molecular formula is C19H21NS. The topological polar surface area (TPSA) is 26.0 Å². The number of thiophene rings is 1. The van der Waals surface area contributed by atoms with Crippen molar-refractivity contribution in [2.24, 2.45) is 5.73 Å². The summed E-state index contributed by atoms with van der Waals surface area (Å²) in [5, 5.41) is 1.28. The van der Waals surface area contributed by atoms with Gasteiger partial charge in [-0.1, -0.05) is 56.3 Å². The Hall–Kier alpha value is -1.64. The van der Waals surface area contributed by atoms with Crippen LogP contribution in [-0.4, -0.2) is 0 Å². The van der Waals surface area contributed by atoms with Gasteiger partial charge in [0.15, 0.2) is 0 Å². The predicted octanol–water partition coefficient (Wildman–Crippen LogP) is 5.46. The molecule has 0 aliphatic carbocycles. The molecule has 1 nitrogen and oxygen atoms in total. The average Bonchev–Trinajstić information content (AvgIpc) is 2.97. The molecule has 0 fully saturated rings. The molecule has 2 heteroatoms. The van der Waals surface area contributed by atoms with Gasteiger partial charge in [-0.2, -0.15) is 0 Å². The van der Waals surface area contributed by atoms with Crippen molar-refractivity contribution in [3.63, 3.8) is 0 Å². The molecular weight excluding hydrogens is 274 g/mol. The maximum Gasteiger partial charge on any atom is 0.0646 e. The van der Waals surface area contributed by atoms with Crippen molar-refractivity contribution < 1.29 is 0 Å². The third kappa shape index (κ3) is 2.87. The van der Waals surface area contributed by atoms with Crippen LogP contribution in [0.5, 0.6) is 0 Å². The maximum absolute atomic E-state index is 6.45. The monoisotopic (exact) mass is 295 g/mol. The molecule has 0 spiro atoms. The van der Waals surface area contributed by atoms with Gasteiger partial charge < -0.3 is 5.73 Å². The van der Waals surface area contributed by atoms with Crippen molar-refractivity contribution in [3.8, 4) is 0 Å². The van der Waals surface area contributed by atoms with Gasteiger partial charge in [0.25, 0.3) is 0 Å². The lowest BCUT2D eigenvalue weighted by Crippen LogP contribution is -2.10. The smallest absolute Gasteiger partial charge is 0.0646 e. The molecule has 0 saturated heterocycles. The molecule has 2 unspecified atom stereocenters. The van der Waals surface area contributed by atoms with E-state index in [1.54, 1.807) is 11.3 Å². The Bertz CT molecular complexity index is 694. The summed E-state index contributed by atoms with van der Waals surface area (Å²) in [7, 11) is 0. The first-order chi connectivity index (χ1) is 10.2. The van der Waals surface area contributed by atoms with Crippen molar-refractivity contribution in [2.75, 3.05) is 0 Å². The molecule has 0 radical (unpaired) electrons. The number of hydrogen-bond donors (Lipinski definition) is 1. The number of fused-ring (bicyclic) bond motifs is 1. The van der Waals surface area contributed by atoms with Crippen molar-refractivity contribution in [1.82, 2.24) is 0 Å². The van der Waals surface area contributed by atoms with Crippen LogP contribution in [0.2, 0.25) is 0 Å². The van der Waals surface area contributed by atoms with Gasteiger partial charge in [-0.25, -0.2) is 0 Å². The summed E-state index contributed by atoms with van der Waals surface area (Å²) in [5.74, 6) is 0.611. The summed E-state index contributed by atoms with van der Waals surface area (Å²) in [6.07, 6.45) is 1.17. The second-order valence-corrected chi connectivity index (χ2v) is 6.76. The van der Waals surface area contributed by atoms with Crippen molar-refractivity contribution in [2.45, 2.75) is 32.2 Å². The van der Waals surface area contributed by atoms with Gasteiger partial charge in [0.05, 0.1) is 6.04 Å². The quantitative estimate of drug-likeness (QED) is 0.679. The van der Waals surface area contributed by atoms with E-state index in [4.69, 9.17) is 5.73 Å². The van der Waals surface area contributed by atoms with Crippen LogP contribution >= 0.6 is 11.3 Å². The molecule has 0 amide bonds. The molecule has 108 valence electrons. The van der Waals surface area contributed by atoms with E-state index < -0.39 is 0 Å². The second kappa shape index (κ2) is 6.00. The van der Waals surface area contributed by atoms with Crippen LogP contribution in [0, 0.1) is 0 Å². The van der Waals surface area contributed by atoms with Gasteiger partial charge in [-0.05, 0) is 41.0 Å². The normalized spacial score (nSPS) is 14.2. The van der Waals surface area contributed by atoms with Gasteiger partial charge in [-0.15, -0.1) is 11.3 Å². The standard InChI is InChI=1S/C19H21NS/c1-3-13(2)14-8-10-15(11-9-14)19(20)18-12-16-6-4-5-7-17(16)21-18/h4-13,19H,3,20H2,1-2H3. The van der Waals surface area contributed by atoms with Crippen LogP contribution in [0.15, 0.2) is 54.6 Å². The van der Waals surface area contributed by atoms with E-state index in [0.29, 0.717) is 5.92 Å². The highest BCUT2D eigenvalue weighted by Gasteiger charge is 2.13. The van der Waals surface area contributed by atoms with Crippen LogP contribution in [0.3, 0.4) is 0 Å². The summed E-state index contributed by atoms with van der Waals surface area (Å²) in [5.41, 5.74) is 9.03. The third-order valence-corrected chi connectivity index (χ3v) is 5.43. The van der Waals surface area contributed by atoms with E-state index in [1.165, 1.54) is 32.5 Å². The molecule has 2 aromatic carbocycles. The Labute approximate surface area is 130 Å². The molecule has 1 aromatic heterocycles. The van der Waals surface area contributed by atoms with Gasteiger partial charge in [-0.3, -0.25) is 0 Å². The average molecular weight is 295 g/mol. The van der Waals surface area contributed by atoms with Crippen molar-refractivity contribution in [3.05, 3.63) is 70.6 Å². The van der Waals surface area contributed by atoms with Crippen LogP contribution < -0.4 is 5.73 Å². The molecule has 0 saturated carbocycles. The van der Waals surface area contributed by atoms with Crippen LogP contribution in [0.4, 0.5) is 0 Å². The van der Waals surface area contributed by atoms with Gasteiger partial charge >= 0.3 is 0 Å². The molecule has 3 aromatic rings. The molecule has 1 heterocycles. The number of nitrogens with two attached hydrogens (primary N) is 1. The first-order valence-electron chi connectivity index (χ1n) is 7.53. The van der Waals surface area contributed by atoms with Crippen molar-refractivity contribution in [1.29, 1.82) is 0 Å². The fourth-order valence-corrected chi connectivity index (χ4v) is 3.68. The second-order valence-electron chi connectivity index (χ2n) is 5.64. The summed E-state index contributed by atoms with van der Waals surface area (Å²) >= 11 is 1.79. The van der Waals surface area contributed by atoms with Crippen LogP contribution in [0.25, 0.3) is 10.1 Å². The lowest BCUT2D eigenvalue weighted by atomic mass is 9.96. The van der Waals surface area contributed by atoms with E-state index in [1.807, 2.05) is 0 Å². The zero-order valence-electron chi connectivity index (χ0n) is 12.5. The maximum atomic E-state index is 6.45. The molecule has 0 aliphatic rings. The largest absolute Gasteiger partial charge is 0.320 e. The first-order valence-corrected chi connectivity index (χ1v) is 8.34. The summed E-state index contributed by atoms with van der Waals surface area (Å²) in [4.78, 5) is 1.23. The summed E-state index contributed by atoms with van der Waals surface area (Å²) in [6, 6.07) is 19.4. The highest BCUT2D eigenvalue weighted by Crippen LogP contribution is 2.32. The van der Waals surface area contributed by atoms with E-state index in [-0.39, 0.29) is 6.04 Å². The minimum atomic E-state index is -0.0339. The zero-order valence-corrected chi connectivity index (χ0v) is 13.4.